The van der Waals surface area contributed by atoms with Gasteiger partial charge in [0.15, 0.2) is 5.84 Å². The van der Waals surface area contributed by atoms with E-state index in [9.17, 15) is 0 Å². The fourth-order valence-electron chi connectivity index (χ4n) is 1.55. The van der Waals surface area contributed by atoms with E-state index in [0.717, 1.165) is 0 Å². The predicted molar refractivity (Wildman–Crippen MR) is 67.9 cm³/mol. The van der Waals surface area contributed by atoms with Crippen molar-refractivity contribution in [2.45, 2.75) is 0 Å². The van der Waals surface area contributed by atoms with Crippen molar-refractivity contribution in [1.29, 1.82) is 0 Å². The highest BCUT2D eigenvalue weighted by molar-refractivity contribution is 6.01. The molecule has 100 valence electrons. The molecule has 1 rings (SSSR count). The minimum atomic E-state index is -0.0180. The standard InChI is InChI=1S/C11H18N4O3/c1-18-8-6-15(5-7-16)11-9(10(12)14-17)3-2-4-13-11/h2-4,16-17H,5-8H2,1H3,(H2,12,14). The van der Waals surface area contributed by atoms with Crippen LogP contribution >= 0.6 is 0 Å². The van der Waals surface area contributed by atoms with Gasteiger partial charge in [0.2, 0.25) is 0 Å². The molecule has 7 nitrogen and oxygen atoms in total. The molecule has 0 atom stereocenters. The zero-order valence-electron chi connectivity index (χ0n) is 10.3. The van der Waals surface area contributed by atoms with Crippen LogP contribution in [0.15, 0.2) is 23.5 Å². The van der Waals surface area contributed by atoms with Gasteiger partial charge < -0.3 is 25.7 Å². The zero-order valence-corrected chi connectivity index (χ0v) is 10.3. The van der Waals surface area contributed by atoms with Crippen molar-refractivity contribution in [3.8, 4) is 0 Å². The second kappa shape index (κ2) is 7.46. The fraction of sp³-hybridized carbons (Fsp3) is 0.455. The van der Waals surface area contributed by atoms with Crippen LogP contribution in [0.3, 0.4) is 0 Å². The summed E-state index contributed by atoms with van der Waals surface area (Å²) < 4.78 is 5.00. The molecular formula is C11H18N4O3. The van der Waals surface area contributed by atoms with Gasteiger partial charge in [-0.1, -0.05) is 5.16 Å². The topological polar surface area (TPSA) is 104 Å². The Labute approximate surface area is 105 Å². The van der Waals surface area contributed by atoms with E-state index in [-0.39, 0.29) is 12.4 Å². The van der Waals surface area contributed by atoms with Crippen LogP contribution in [0.4, 0.5) is 5.82 Å². The molecule has 0 aliphatic rings. The highest BCUT2D eigenvalue weighted by Crippen LogP contribution is 2.16. The van der Waals surface area contributed by atoms with Crippen LogP contribution in [0.2, 0.25) is 0 Å². The number of nitrogens with zero attached hydrogens (tertiary/aromatic N) is 3. The number of pyridine rings is 1. The van der Waals surface area contributed by atoms with Crippen LogP contribution in [0, 0.1) is 0 Å². The Morgan fingerprint density at radius 2 is 2.33 bits per heavy atom. The lowest BCUT2D eigenvalue weighted by atomic mass is 10.2. The molecule has 1 aromatic rings. The molecule has 0 radical (unpaired) electrons. The molecule has 0 aromatic carbocycles. The van der Waals surface area contributed by atoms with Gasteiger partial charge in [-0.15, -0.1) is 0 Å². The lowest BCUT2D eigenvalue weighted by molar-refractivity contribution is 0.202. The monoisotopic (exact) mass is 254 g/mol. The highest BCUT2D eigenvalue weighted by Gasteiger charge is 2.14. The minimum absolute atomic E-state index is 0.0153. The Bertz CT molecular complexity index is 398. The molecule has 0 fully saturated rings. The predicted octanol–water partition coefficient (Wildman–Crippen LogP) is -0.379. The van der Waals surface area contributed by atoms with Gasteiger partial charge in [-0.2, -0.15) is 0 Å². The van der Waals surface area contributed by atoms with E-state index in [2.05, 4.69) is 10.1 Å². The first-order valence-corrected chi connectivity index (χ1v) is 5.52. The summed E-state index contributed by atoms with van der Waals surface area (Å²) in [6, 6.07) is 3.40. The van der Waals surface area contributed by atoms with Crippen molar-refractivity contribution < 1.29 is 15.1 Å². The fourth-order valence-corrected chi connectivity index (χ4v) is 1.55. The summed E-state index contributed by atoms with van der Waals surface area (Å²) in [6.45, 7) is 1.42. The average Bonchev–Trinajstić information content (AvgIpc) is 2.42. The van der Waals surface area contributed by atoms with Crippen molar-refractivity contribution in [3.05, 3.63) is 23.9 Å². The van der Waals surface area contributed by atoms with Crippen molar-refractivity contribution >= 4 is 11.7 Å². The maximum absolute atomic E-state index is 9.06. The third-order valence-electron chi connectivity index (χ3n) is 2.41. The molecule has 0 aliphatic carbocycles. The maximum Gasteiger partial charge on any atom is 0.173 e. The van der Waals surface area contributed by atoms with E-state index < -0.39 is 0 Å². The maximum atomic E-state index is 9.06. The van der Waals surface area contributed by atoms with E-state index in [0.29, 0.717) is 31.1 Å². The van der Waals surface area contributed by atoms with Gasteiger partial charge in [-0.25, -0.2) is 4.98 Å². The van der Waals surface area contributed by atoms with E-state index >= 15 is 0 Å². The van der Waals surface area contributed by atoms with Gasteiger partial charge in [0.05, 0.1) is 18.8 Å². The van der Waals surface area contributed by atoms with E-state index in [1.807, 2.05) is 4.90 Å². The zero-order chi connectivity index (χ0) is 13.4. The number of ether oxygens (including phenoxy) is 1. The van der Waals surface area contributed by atoms with Gasteiger partial charge in [-0.3, -0.25) is 0 Å². The normalized spacial score (nSPS) is 11.6. The number of methoxy groups -OCH3 is 1. The summed E-state index contributed by atoms with van der Waals surface area (Å²) in [5, 5.41) is 20.8. The summed E-state index contributed by atoms with van der Waals surface area (Å²) in [7, 11) is 1.60. The Kier molecular flexibility index (Phi) is 5.89. The van der Waals surface area contributed by atoms with Gasteiger partial charge in [-0.05, 0) is 12.1 Å². The second-order valence-electron chi connectivity index (χ2n) is 3.56. The third kappa shape index (κ3) is 3.57. The number of aliphatic hydroxyl groups excluding tert-OH is 1. The number of nitrogens with two attached hydrogens (primary N) is 1. The van der Waals surface area contributed by atoms with Crippen LogP contribution < -0.4 is 10.6 Å². The second-order valence-corrected chi connectivity index (χ2v) is 3.56. The number of oxime groups is 1. The number of aromatic nitrogens is 1. The summed E-state index contributed by atoms with van der Waals surface area (Å²) in [5.74, 6) is 0.539. The molecule has 7 heteroatoms. The van der Waals surface area contributed by atoms with Gasteiger partial charge >= 0.3 is 0 Å². The van der Waals surface area contributed by atoms with Crippen LogP contribution in [-0.2, 0) is 4.74 Å². The number of rotatable bonds is 7. The molecule has 0 amide bonds. The molecule has 0 unspecified atom stereocenters. The quantitative estimate of drug-likeness (QED) is 0.265. The van der Waals surface area contributed by atoms with Crippen LogP contribution in [0.1, 0.15) is 5.56 Å². The Morgan fingerprint density at radius 3 is 2.94 bits per heavy atom. The average molecular weight is 254 g/mol. The molecule has 0 saturated carbocycles. The van der Waals surface area contributed by atoms with Crippen molar-refractivity contribution in [1.82, 2.24) is 4.98 Å². The molecule has 4 N–H and O–H groups in total. The van der Waals surface area contributed by atoms with Gasteiger partial charge in [0.25, 0.3) is 0 Å². The minimum Gasteiger partial charge on any atom is -0.409 e. The largest absolute Gasteiger partial charge is 0.409 e. The molecule has 0 spiro atoms. The summed E-state index contributed by atoms with van der Waals surface area (Å²) in [6.07, 6.45) is 1.61. The molecule has 18 heavy (non-hydrogen) atoms. The number of hydrogen-bond acceptors (Lipinski definition) is 6. The van der Waals surface area contributed by atoms with Crippen LogP contribution in [0.25, 0.3) is 0 Å². The first-order chi connectivity index (χ1) is 8.74. The molecule has 0 saturated heterocycles. The Hall–Kier alpha value is -1.86. The number of aliphatic hydroxyl groups is 1. The molecule has 0 bridgehead atoms. The molecule has 0 aliphatic heterocycles. The highest BCUT2D eigenvalue weighted by atomic mass is 16.5. The van der Waals surface area contributed by atoms with Crippen molar-refractivity contribution in [2.24, 2.45) is 10.9 Å². The molecule has 1 aromatic heterocycles. The first kappa shape index (κ1) is 14.2. The van der Waals surface area contributed by atoms with Crippen molar-refractivity contribution in [3.63, 3.8) is 0 Å². The third-order valence-corrected chi connectivity index (χ3v) is 2.41. The number of anilines is 1. The van der Waals surface area contributed by atoms with E-state index in [1.54, 1.807) is 25.4 Å². The Morgan fingerprint density at radius 1 is 1.56 bits per heavy atom. The van der Waals surface area contributed by atoms with E-state index in [4.69, 9.17) is 20.8 Å². The summed E-state index contributed by atoms with van der Waals surface area (Å²) in [4.78, 5) is 6.02. The lowest BCUT2D eigenvalue weighted by Gasteiger charge is -2.24. The van der Waals surface area contributed by atoms with E-state index in [1.165, 1.54) is 0 Å². The molecule has 1 heterocycles. The Balaban J connectivity index is 3.02. The van der Waals surface area contributed by atoms with Crippen LogP contribution in [0.5, 0.6) is 0 Å². The first-order valence-electron chi connectivity index (χ1n) is 5.52. The summed E-state index contributed by atoms with van der Waals surface area (Å²) >= 11 is 0. The van der Waals surface area contributed by atoms with Crippen molar-refractivity contribution in [2.75, 3.05) is 38.3 Å². The number of hydrogen-bond donors (Lipinski definition) is 3. The SMILES string of the molecule is COCCN(CCO)c1ncccc1/C(N)=N/O. The number of amidine groups is 1. The van der Waals surface area contributed by atoms with Gasteiger partial charge in [0, 0.05) is 26.4 Å². The smallest absolute Gasteiger partial charge is 0.173 e. The van der Waals surface area contributed by atoms with Gasteiger partial charge in [0.1, 0.15) is 5.82 Å². The van der Waals surface area contributed by atoms with Crippen LogP contribution in [-0.4, -0.2) is 54.5 Å². The molecular weight excluding hydrogens is 236 g/mol. The lowest BCUT2D eigenvalue weighted by Crippen LogP contribution is -2.33. The summed E-state index contributed by atoms with van der Waals surface area (Å²) in [5.41, 5.74) is 6.12.